The summed E-state index contributed by atoms with van der Waals surface area (Å²) in [6.45, 7) is 8.58. The molecule has 0 spiro atoms. The maximum Gasteiger partial charge on any atom is 0.234 e. The van der Waals surface area contributed by atoms with E-state index in [0.717, 1.165) is 26.1 Å². The first-order chi connectivity index (χ1) is 9.58. The van der Waals surface area contributed by atoms with Gasteiger partial charge in [0, 0.05) is 35.4 Å². The van der Waals surface area contributed by atoms with Crippen molar-refractivity contribution in [1.82, 2.24) is 15.1 Å². The molecule has 1 aliphatic heterocycles. The van der Waals surface area contributed by atoms with Crippen LogP contribution in [0.3, 0.4) is 0 Å². The molecule has 1 amide bonds. The number of piperazine rings is 1. The Morgan fingerprint density at radius 1 is 1.40 bits per heavy atom. The number of hydrogen-bond acceptors (Lipinski definition) is 4. The summed E-state index contributed by atoms with van der Waals surface area (Å²) in [5.41, 5.74) is 0. The van der Waals surface area contributed by atoms with E-state index in [1.807, 2.05) is 0 Å². The molecule has 0 saturated carbocycles. The van der Waals surface area contributed by atoms with Crippen molar-refractivity contribution in [2.24, 2.45) is 0 Å². The van der Waals surface area contributed by atoms with Gasteiger partial charge in [0.1, 0.15) is 0 Å². The minimum absolute atomic E-state index is 0.132. The number of nitrogens with zero attached hydrogens (tertiary/aromatic N) is 2. The van der Waals surface area contributed by atoms with E-state index < -0.39 is 0 Å². The molecule has 1 aromatic rings. The second-order valence-electron chi connectivity index (χ2n) is 5.58. The summed E-state index contributed by atoms with van der Waals surface area (Å²) in [5.74, 6) is 0.132. The number of aryl methyl sites for hydroxylation is 1. The van der Waals surface area contributed by atoms with Crippen LogP contribution in [0.15, 0.2) is 12.1 Å². The molecule has 0 unspecified atom stereocenters. The fourth-order valence-electron chi connectivity index (χ4n) is 2.55. The van der Waals surface area contributed by atoms with Crippen LogP contribution in [0, 0.1) is 0 Å². The molecule has 5 heteroatoms. The Labute approximate surface area is 125 Å². The maximum atomic E-state index is 12.0. The topological polar surface area (TPSA) is 35.6 Å². The Morgan fingerprint density at radius 3 is 2.80 bits per heavy atom. The van der Waals surface area contributed by atoms with Gasteiger partial charge in [-0.1, -0.05) is 6.92 Å². The van der Waals surface area contributed by atoms with Crippen LogP contribution in [0.4, 0.5) is 0 Å². The predicted molar refractivity (Wildman–Crippen MR) is 84.1 cm³/mol. The number of likely N-dealkylation sites (N-methyl/N-ethyl adjacent to an activating group) is 1. The average Bonchev–Trinajstić information content (AvgIpc) is 2.88. The number of nitrogens with one attached hydrogen (secondary N) is 1. The van der Waals surface area contributed by atoms with Gasteiger partial charge in [0.15, 0.2) is 0 Å². The van der Waals surface area contributed by atoms with Crippen LogP contribution in [0.1, 0.15) is 23.6 Å². The van der Waals surface area contributed by atoms with E-state index in [9.17, 15) is 4.79 Å². The Kier molecular flexibility index (Phi) is 5.57. The summed E-state index contributed by atoms with van der Waals surface area (Å²) in [6.07, 6.45) is 1.07. The van der Waals surface area contributed by atoms with Crippen LogP contribution >= 0.6 is 11.3 Å². The van der Waals surface area contributed by atoms with E-state index in [1.165, 1.54) is 9.75 Å². The van der Waals surface area contributed by atoms with Gasteiger partial charge < -0.3 is 10.2 Å². The summed E-state index contributed by atoms with van der Waals surface area (Å²) < 4.78 is 0. The highest BCUT2D eigenvalue weighted by molar-refractivity contribution is 7.11. The third kappa shape index (κ3) is 4.30. The van der Waals surface area contributed by atoms with Gasteiger partial charge in [-0.3, -0.25) is 9.69 Å². The first-order valence-electron chi connectivity index (χ1n) is 7.35. The van der Waals surface area contributed by atoms with Crippen molar-refractivity contribution < 1.29 is 4.79 Å². The predicted octanol–water partition coefficient (Wildman–Crippen LogP) is 1.56. The zero-order valence-corrected chi connectivity index (χ0v) is 13.5. The fraction of sp³-hybridized carbons (Fsp3) is 0.667. The highest BCUT2D eigenvalue weighted by Gasteiger charge is 2.22. The zero-order valence-electron chi connectivity index (χ0n) is 12.7. The van der Waals surface area contributed by atoms with Crippen LogP contribution in [-0.4, -0.2) is 55.0 Å². The smallest absolute Gasteiger partial charge is 0.234 e. The Balaban J connectivity index is 1.75. The summed E-state index contributed by atoms with van der Waals surface area (Å²) in [5, 5.41) is 3.03. The maximum absolute atomic E-state index is 12.0. The quantitative estimate of drug-likeness (QED) is 0.895. The van der Waals surface area contributed by atoms with E-state index in [2.05, 4.69) is 48.1 Å². The lowest BCUT2D eigenvalue weighted by Gasteiger charge is -2.37. The molecule has 1 fully saturated rings. The Bertz CT molecular complexity index is 446. The van der Waals surface area contributed by atoms with Crippen molar-refractivity contribution >= 4 is 17.2 Å². The highest BCUT2D eigenvalue weighted by atomic mass is 32.1. The number of thiophene rings is 1. The first-order valence-corrected chi connectivity index (χ1v) is 8.17. The van der Waals surface area contributed by atoms with Gasteiger partial charge in [0.2, 0.25) is 5.91 Å². The van der Waals surface area contributed by atoms with Crippen LogP contribution in [-0.2, 0) is 17.8 Å². The van der Waals surface area contributed by atoms with Gasteiger partial charge in [-0.15, -0.1) is 11.3 Å². The molecule has 0 bridgehead atoms. The molecule has 4 nitrogen and oxygen atoms in total. The van der Waals surface area contributed by atoms with Gasteiger partial charge >= 0.3 is 0 Å². The Hall–Kier alpha value is -0.910. The molecular formula is C15H25N3OS. The number of carbonyl (C=O) groups is 1. The number of carbonyl (C=O) groups excluding carboxylic acids is 1. The third-order valence-electron chi connectivity index (χ3n) is 3.84. The molecule has 1 aromatic heterocycles. The molecule has 112 valence electrons. The minimum atomic E-state index is 0.132. The van der Waals surface area contributed by atoms with Gasteiger partial charge in [0.25, 0.3) is 0 Å². The molecule has 1 saturated heterocycles. The van der Waals surface area contributed by atoms with Gasteiger partial charge in [-0.2, -0.15) is 0 Å². The molecule has 1 atom stereocenters. The monoisotopic (exact) mass is 295 g/mol. The second-order valence-corrected chi connectivity index (χ2v) is 6.83. The van der Waals surface area contributed by atoms with Crippen LogP contribution in [0.5, 0.6) is 0 Å². The highest BCUT2D eigenvalue weighted by Crippen LogP contribution is 2.16. The SMILES string of the molecule is CCc1ccc(CNC(=O)CN2CCN(C)C[C@H]2C)s1. The van der Waals surface area contributed by atoms with Gasteiger partial charge in [-0.05, 0) is 32.5 Å². The summed E-state index contributed by atoms with van der Waals surface area (Å²) in [4.78, 5) is 19.2. The third-order valence-corrected chi connectivity index (χ3v) is 5.07. The molecule has 20 heavy (non-hydrogen) atoms. The van der Waals surface area contributed by atoms with E-state index in [4.69, 9.17) is 0 Å². The van der Waals surface area contributed by atoms with E-state index in [-0.39, 0.29) is 5.91 Å². The van der Waals surface area contributed by atoms with Crippen LogP contribution in [0.25, 0.3) is 0 Å². The van der Waals surface area contributed by atoms with Crippen molar-refractivity contribution in [2.45, 2.75) is 32.9 Å². The normalized spacial score (nSPS) is 21.1. The molecule has 0 radical (unpaired) electrons. The molecule has 0 aliphatic carbocycles. The van der Waals surface area contributed by atoms with Crippen molar-refractivity contribution in [3.8, 4) is 0 Å². The largest absolute Gasteiger partial charge is 0.350 e. The first kappa shape index (κ1) is 15.5. The van der Waals surface area contributed by atoms with E-state index in [0.29, 0.717) is 19.1 Å². The van der Waals surface area contributed by atoms with Crippen molar-refractivity contribution in [3.63, 3.8) is 0 Å². The summed E-state index contributed by atoms with van der Waals surface area (Å²) in [7, 11) is 2.13. The van der Waals surface area contributed by atoms with Gasteiger partial charge in [0.05, 0.1) is 13.1 Å². The fourth-order valence-corrected chi connectivity index (χ4v) is 3.44. The molecule has 0 aromatic carbocycles. The van der Waals surface area contributed by atoms with Crippen LogP contribution in [0.2, 0.25) is 0 Å². The van der Waals surface area contributed by atoms with Crippen molar-refractivity contribution in [3.05, 3.63) is 21.9 Å². The average molecular weight is 295 g/mol. The van der Waals surface area contributed by atoms with Crippen LogP contribution < -0.4 is 5.32 Å². The van der Waals surface area contributed by atoms with E-state index >= 15 is 0 Å². The Morgan fingerprint density at radius 2 is 2.15 bits per heavy atom. The lowest BCUT2D eigenvalue weighted by Crippen LogP contribution is -2.53. The second kappa shape index (κ2) is 7.20. The summed E-state index contributed by atoms with van der Waals surface area (Å²) in [6, 6.07) is 4.71. The molecule has 2 rings (SSSR count). The molecular weight excluding hydrogens is 270 g/mol. The number of rotatable bonds is 5. The zero-order chi connectivity index (χ0) is 14.5. The molecule has 2 heterocycles. The summed E-state index contributed by atoms with van der Waals surface area (Å²) >= 11 is 1.79. The van der Waals surface area contributed by atoms with Gasteiger partial charge in [-0.25, -0.2) is 0 Å². The standard InChI is InChI=1S/C15H25N3OS/c1-4-13-5-6-14(20-13)9-16-15(19)11-18-8-7-17(3)10-12(18)2/h5-6,12H,4,7-11H2,1-3H3,(H,16,19)/t12-/m1/s1. The lowest BCUT2D eigenvalue weighted by atomic mass is 10.2. The minimum Gasteiger partial charge on any atom is -0.350 e. The number of amides is 1. The lowest BCUT2D eigenvalue weighted by molar-refractivity contribution is -0.123. The van der Waals surface area contributed by atoms with Crippen molar-refractivity contribution in [1.29, 1.82) is 0 Å². The number of hydrogen-bond donors (Lipinski definition) is 1. The molecule has 1 aliphatic rings. The van der Waals surface area contributed by atoms with E-state index in [1.54, 1.807) is 11.3 Å². The van der Waals surface area contributed by atoms with Crippen molar-refractivity contribution in [2.75, 3.05) is 33.2 Å². The molecule has 1 N–H and O–H groups in total.